The molecule has 1 heterocycles. The van der Waals surface area contributed by atoms with E-state index in [9.17, 15) is 9.90 Å². The summed E-state index contributed by atoms with van der Waals surface area (Å²) in [4.78, 5) is 11.1. The molecule has 94 valence electrons. The minimum Gasteiger partial charge on any atom is -0.478 e. The fourth-order valence-corrected chi connectivity index (χ4v) is 2.90. The second-order valence-corrected chi connectivity index (χ2v) is 4.88. The number of aliphatic hydroxyl groups is 1. The maximum absolute atomic E-state index is 11.1. The number of aliphatic hydroxyl groups excluding tert-OH is 1. The number of hydrogen-bond acceptors (Lipinski definition) is 2. The molecule has 2 N–H and O–H groups in total. The van der Waals surface area contributed by atoms with Crippen LogP contribution in [0.25, 0.3) is 0 Å². The molecule has 2 atom stereocenters. The maximum atomic E-state index is 11.1. The lowest BCUT2D eigenvalue weighted by molar-refractivity contribution is 0.0682. The van der Waals surface area contributed by atoms with Gasteiger partial charge in [-0.15, -0.1) is 0 Å². The van der Waals surface area contributed by atoms with Crippen LogP contribution in [0, 0.1) is 13.8 Å². The zero-order chi connectivity index (χ0) is 12.6. The van der Waals surface area contributed by atoms with Crippen molar-refractivity contribution in [3.8, 4) is 0 Å². The minimum absolute atomic E-state index is 0.0387. The van der Waals surface area contributed by atoms with Crippen molar-refractivity contribution >= 4 is 5.97 Å². The van der Waals surface area contributed by atoms with Crippen molar-refractivity contribution in [3.05, 3.63) is 23.0 Å². The Kier molecular flexibility index (Phi) is 3.24. The van der Waals surface area contributed by atoms with E-state index in [1.807, 2.05) is 18.4 Å². The predicted molar refractivity (Wildman–Crippen MR) is 64.4 cm³/mol. The van der Waals surface area contributed by atoms with Crippen LogP contribution >= 0.6 is 0 Å². The summed E-state index contributed by atoms with van der Waals surface area (Å²) in [6, 6.07) is 1.73. The van der Waals surface area contributed by atoms with E-state index in [2.05, 4.69) is 0 Å². The molecule has 4 nitrogen and oxygen atoms in total. The SMILES string of the molecule is Cc1cc(C(=O)O)c(C)n1C1CCCCC1O. The first-order valence-electron chi connectivity index (χ1n) is 6.12. The smallest absolute Gasteiger partial charge is 0.337 e. The van der Waals surface area contributed by atoms with Crippen LogP contribution in [-0.4, -0.2) is 26.9 Å². The lowest BCUT2D eigenvalue weighted by atomic mass is 9.92. The summed E-state index contributed by atoms with van der Waals surface area (Å²) in [7, 11) is 0. The summed E-state index contributed by atoms with van der Waals surface area (Å²) >= 11 is 0. The topological polar surface area (TPSA) is 62.5 Å². The third kappa shape index (κ3) is 2.09. The van der Waals surface area contributed by atoms with Gasteiger partial charge in [-0.1, -0.05) is 12.8 Å². The maximum Gasteiger partial charge on any atom is 0.337 e. The molecule has 0 spiro atoms. The molecule has 0 bridgehead atoms. The highest BCUT2D eigenvalue weighted by atomic mass is 16.4. The van der Waals surface area contributed by atoms with Gasteiger partial charge >= 0.3 is 5.97 Å². The molecule has 0 amide bonds. The fourth-order valence-electron chi connectivity index (χ4n) is 2.90. The monoisotopic (exact) mass is 237 g/mol. The minimum atomic E-state index is -0.894. The molecule has 0 saturated heterocycles. The molecule has 1 aromatic heterocycles. The van der Waals surface area contributed by atoms with Gasteiger partial charge in [0.15, 0.2) is 0 Å². The molecule has 1 fully saturated rings. The van der Waals surface area contributed by atoms with Gasteiger partial charge in [-0.3, -0.25) is 0 Å². The normalized spacial score (nSPS) is 24.9. The van der Waals surface area contributed by atoms with Crippen molar-refractivity contribution in [1.82, 2.24) is 4.57 Å². The Morgan fingerprint density at radius 2 is 2.00 bits per heavy atom. The van der Waals surface area contributed by atoms with E-state index in [1.165, 1.54) is 0 Å². The summed E-state index contributed by atoms with van der Waals surface area (Å²) in [5.41, 5.74) is 2.02. The molecule has 4 heteroatoms. The van der Waals surface area contributed by atoms with E-state index in [-0.39, 0.29) is 12.1 Å². The van der Waals surface area contributed by atoms with Crippen molar-refractivity contribution in [3.63, 3.8) is 0 Å². The number of rotatable bonds is 2. The summed E-state index contributed by atoms with van der Waals surface area (Å²) in [6.45, 7) is 3.72. The second kappa shape index (κ2) is 4.53. The van der Waals surface area contributed by atoms with Crippen molar-refractivity contribution in [2.75, 3.05) is 0 Å². The molecule has 1 aliphatic carbocycles. The van der Waals surface area contributed by atoms with Gasteiger partial charge in [0.25, 0.3) is 0 Å². The molecule has 1 saturated carbocycles. The third-order valence-electron chi connectivity index (χ3n) is 3.74. The number of carboxylic acid groups (broad SMARTS) is 1. The van der Waals surface area contributed by atoms with E-state index in [4.69, 9.17) is 5.11 Å². The van der Waals surface area contributed by atoms with E-state index < -0.39 is 5.97 Å². The number of aryl methyl sites for hydroxylation is 1. The third-order valence-corrected chi connectivity index (χ3v) is 3.74. The van der Waals surface area contributed by atoms with Crippen LogP contribution in [0.5, 0.6) is 0 Å². The molecule has 17 heavy (non-hydrogen) atoms. The molecule has 1 aromatic rings. The standard InChI is InChI=1S/C13H19NO3/c1-8-7-10(13(16)17)9(2)14(8)11-5-3-4-6-12(11)15/h7,11-12,15H,3-6H2,1-2H3,(H,16,17). The largest absolute Gasteiger partial charge is 0.478 e. The molecule has 2 rings (SSSR count). The Hall–Kier alpha value is -1.29. The Labute approximate surface area is 101 Å². The van der Waals surface area contributed by atoms with Crippen molar-refractivity contribution < 1.29 is 15.0 Å². The lowest BCUT2D eigenvalue weighted by Gasteiger charge is -2.31. The van der Waals surface area contributed by atoms with Gasteiger partial charge in [0, 0.05) is 11.4 Å². The van der Waals surface area contributed by atoms with E-state index in [0.29, 0.717) is 5.56 Å². The predicted octanol–water partition coefficient (Wildman–Crippen LogP) is 2.28. The first-order valence-corrected chi connectivity index (χ1v) is 6.12. The Balaban J connectivity index is 2.40. The van der Waals surface area contributed by atoms with Crippen LogP contribution in [0.15, 0.2) is 6.07 Å². The Morgan fingerprint density at radius 3 is 2.53 bits per heavy atom. The van der Waals surface area contributed by atoms with Gasteiger partial charge in [0.2, 0.25) is 0 Å². The Morgan fingerprint density at radius 1 is 1.35 bits per heavy atom. The molecule has 0 aromatic carbocycles. The van der Waals surface area contributed by atoms with E-state index in [1.54, 1.807) is 6.07 Å². The highest BCUT2D eigenvalue weighted by Gasteiger charge is 2.28. The first-order chi connectivity index (χ1) is 8.02. The average molecular weight is 237 g/mol. The molecule has 2 unspecified atom stereocenters. The molecule has 0 aliphatic heterocycles. The zero-order valence-corrected chi connectivity index (χ0v) is 10.3. The summed E-state index contributed by atoms with van der Waals surface area (Å²) in [6.07, 6.45) is 3.54. The molecule has 0 radical (unpaired) electrons. The first kappa shape index (κ1) is 12.2. The van der Waals surface area contributed by atoms with Gasteiger partial charge in [0.1, 0.15) is 0 Å². The van der Waals surface area contributed by atoms with Crippen molar-refractivity contribution in [1.29, 1.82) is 0 Å². The van der Waals surface area contributed by atoms with Crippen LogP contribution in [0.2, 0.25) is 0 Å². The number of hydrogen-bond donors (Lipinski definition) is 2. The van der Waals surface area contributed by atoms with Crippen LogP contribution < -0.4 is 0 Å². The molecular formula is C13H19NO3. The highest BCUT2D eigenvalue weighted by Crippen LogP contribution is 2.32. The van der Waals surface area contributed by atoms with Gasteiger partial charge < -0.3 is 14.8 Å². The van der Waals surface area contributed by atoms with Crippen LogP contribution in [-0.2, 0) is 0 Å². The number of carboxylic acids is 1. The fraction of sp³-hybridized carbons (Fsp3) is 0.615. The van der Waals surface area contributed by atoms with Crippen LogP contribution in [0.4, 0.5) is 0 Å². The number of nitrogens with zero attached hydrogens (tertiary/aromatic N) is 1. The second-order valence-electron chi connectivity index (χ2n) is 4.88. The lowest BCUT2D eigenvalue weighted by Crippen LogP contribution is -2.29. The number of aromatic nitrogens is 1. The number of carbonyl (C=O) groups is 1. The van der Waals surface area contributed by atoms with Gasteiger partial charge in [0.05, 0.1) is 17.7 Å². The summed E-state index contributed by atoms with van der Waals surface area (Å²) in [5.74, 6) is -0.894. The van der Waals surface area contributed by atoms with Gasteiger partial charge in [-0.25, -0.2) is 4.79 Å². The van der Waals surface area contributed by atoms with Crippen LogP contribution in [0.3, 0.4) is 0 Å². The average Bonchev–Trinajstić information content (AvgIpc) is 2.56. The Bertz CT molecular complexity index is 436. The van der Waals surface area contributed by atoms with Crippen molar-refractivity contribution in [2.24, 2.45) is 0 Å². The summed E-state index contributed by atoms with van der Waals surface area (Å²) in [5, 5.41) is 19.1. The van der Waals surface area contributed by atoms with E-state index >= 15 is 0 Å². The summed E-state index contributed by atoms with van der Waals surface area (Å²) < 4.78 is 1.99. The highest BCUT2D eigenvalue weighted by molar-refractivity contribution is 5.89. The van der Waals surface area contributed by atoms with Crippen LogP contribution in [0.1, 0.15) is 53.5 Å². The molecular weight excluding hydrogens is 218 g/mol. The van der Waals surface area contributed by atoms with Gasteiger partial charge in [-0.05, 0) is 32.8 Å². The number of aromatic carboxylic acids is 1. The van der Waals surface area contributed by atoms with Gasteiger partial charge in [-0.2, -0.15) is 0 Å². The van der Waals surface area contributed by atoms with E-state index in [0.717, 1.165) is 37.1 Å². The molecule has 1 aliphatic rings. The zero-order valence-electron chi connectivity index (χ0n) is 10.3. The van der Waals surface area contributed by atoms with Crippen molar-refractivity contribution in [2.45, 2.75) is 51.7 Å². The quantitative estimate of drug-likeness (QED) is 0.829.